The predicted octanol–water partition coefficient (Wildman–Crippen LogP) is 3.69. The third-order valence-corrected chi connectivity index (χ3v) is 8.59. The summed E-state index contributed by atoms with van der Waals surface area (Å²) >= 11 is 7.10. The van der Waals surface area contributed by atoms with E-state index >= 15 is 0 Å². The van der Waals surface area contributed by atoms with Crippen LogP contribution in [0.2, 0.25) is 5.02 Å². The van der Waals surface area contributed by atoms with Crippen molar-refractivity contribution in [3.8, 4) is 0 Å². The topological polar surface area (TPSA) is 163 Å². The molecule has 172 valence electrons. The zero-order chi connectivity index (χ0) is 23.5. The highest BCUT2D eigenvalue weighted by Crippen LogP contribution is 2.33. The van der Waals surface area contributed by atoms with E-state index in [9.17, 15) is 19.5 Å². The van der Waals surface area contributed by atoms with Gasteiger partial charge in [-0.15, -0.1) is 0 Å². The Balaban J connectivity index is 1.53. The maximum absolute atomic E-state index is 12.9. The molecule has 4 N–H and O–H groups in total. The van der Waals surface area contributed by atoms with Gasteiger partial charge in [-0.2, -0.15) is 5.21 Å². The van der Waals surface area contributed by atoms with E-state index in [-0.39, 0.29) is 22.5 Å². The number of hydrogen-bond donors (Lipinski definition) is 4. The highest BCUT2D eigenvalue weighted by Gasteiger charge is 2.35. The molecule has 1 saturated carbocycles. The number of tetrazole rings is 1. The van der Waals surface area contributed by atoms with Crippen LogP contribution in [0.5, 0.6) is 0 Å². The van der Waals surface area contributed by atoms with Crippen LogP contribution in [0.15, 0.2) is 27.6 Å². The summed E-state index contributed by atoms with van der Waals surface area (Å²) in [7, 11) is -0.816. The average molecular weight is 509 g/mol. The first-order valence-corrected chi connectivity index (χ1v) is 12.7. The molecule has 0 bridgehead atoms. The SMILES string of the molecule is C[S+](c1nn[nH]n1)c1sc(NC(=O)Nc2ccc(Cl)cc2C(=O)C2CCCC2)nc1C(=O)O. The molecule has 0 saturated heterocycles. The number of halogens is 1. The number of nitrogens with one attached hydrogen (secondary N) is 3. The second-order valence-corrected chi connectivity index (χ2v) is 10.8. The number of aromatic carboxylic acids is 1. The standard InChI is InChI=1S/C19H18ClN7O4S2/c1-33(19-24-26-27-25-19)16-13(15(29)30)22-18(32-16)23-17(31)21-12-7-6-10(20)8-11(12)14(28)9-4-2-3-5-9/h6-9H,2-5H2,1H3,(H3-,21,22,23,24,25,26,27,28,29,30,31)/p+1. The van der Waals surface area contributed by atoms with E-state index in [1.54, 1.807) is 24.5 Å². The first kappa shape index (κ1) is 23.1. The fourth-order valence-electron chi connectivity index (χ4n) is 3.56. The van der Waals surface area contributed by atoms with Crippen LogP contribution in [0, 0.1) is 5.92 Å². The van der Waals surface area contributed by atoms with E-state index in [1.807, 2.05) is 0 Å². The Morgan fingerprint density at radius 2 is 2.00 bits per heavy atom. The van der Waals surface area contributed by atoms with Crippen molar-refractivity contribution in [2.75, 3.05) is 16.9 Å². The number of ketones is 1. The number of Topliss-reactive ketones (excluding diaryl/α,β-unsaturated/α-hetero) is 1. The molecule has 14 heteroatoms. The third kappa shape index (κ3) is 5.15. The van der Waals surface area contributed by atoms with Crippen LogP contribution in [0.1, 0.15) is 46.5 Å². The molecule has 1 atom stereocenters. The van der Waals surface area contributed by atoms with Gasteiger partial charge in [0, 0.05) is 16.5 Å². The number of carboxylic acids is 1. The predicted molar refractivity (Wildman–Crippen MR) is 123 cm³/mol. The van der Waals surface area contributed by atoms with E-state index in [1.165, 1.54) is 0 Å². The summed E-state index contributed by atoms with van der Waals surface area (Å²) in [5.74, 6) is -1.37. The monoisotopic (exact) mass is 508 g/mol. The Labute approximate surface area is 199 Å². The van der Waals surface area contributed by atoms with Crippen LogP contribution >= 0.6 is 22.9 Å². The molecule has 3 aromatic rings. The van der Waals surface area contributed by atoms with Crippen molar-refractivity contribution < 1.29 is 19.5 Å². The van der Waals surface area contributed by atoms with Gasteiger partial charge >= 0.3 is 17.2 Å². The number of H-pyrrole nitrogens is 1. The van der Waals surface area contributed by atoms with Crippen molar-refractivity contribution in [1.82, 2.24) is 25.6 Å². The van der Waals surface area contributed by atoms with E-state index in [2.05, 4.69) is 36.2 Å². The number of carbonyl (C=O) groups is 3. The Hall–Kier alpha value is -3.03. The van der Waals surface area contributed by atoms with Crippen LogP contribution in [0.3, 0.4) is 0 Å². The maximum Gasteiger partial charge on any atom is 0.389 e. The molecule has 2 heterocycles. The van der Waals surface area contributed by atoms with Crippen molar-refractivity contribution in [3.05, 3.63) is 34.5 Å². The van der Waals surface area contributed by atoms with Gasteiger partial charge < -0.3 is 10.4 Å². The number of anilines is 2. The molecule has 1 aliphatic carbocycles. The molecule has 2 amide bonds. The van der Waals surface area contributed by atoms with Gasteiger partial charge in [0.25, 0.3) is 4.21 Å². The summed E-state index contributed by atoms with van der Waals surface area (Å²) in [6.45, 7) is 0. The molecule has 11 nitrogen and oxygen atoms in total. The van der Waals surface area contributed by atoms with Crippen molar-refractivity contribution in [3.63, 3.8) is 0 Å². The molecular formula is C19H19ClN7O4S2+. The van der Waals surface area contributed by atoms with Crippen molar-refractivity contribution in [2.45, 2.75) is 35.0 Å². The number of aromatic nitrogens is 5. The number of carboxylic acid groups (broad SMARTS) is 1. The lowest BCUT2D eigenvalue weighted by Gasteiger charge is -2.14. The molecule has 0 spiro atoms. The second kappa shape index (κ2) is 9.85. The Morgan fingerprint density at radius 3 is 2.67 bits per heavy atom. The normalized spacial score (nSPS) is 14.7. The van der Waals surface area contributed by atoms with E-state index < -0.39 is 22.9 Å². The number of thiazole rings is 1. The number of hydrogen-bond acceptors (Lipinski definition) is 8. The van der Waals surface area contributed by atoms with E-state index in [0.29, 0.717) is 25.6 Å². The molecule has 1 aromatic carbocycles. The van der Waals surface area contributed by atoms with Gasteiger partial charge in [0.2, 0.25) is 5.69 Å². The van der Waals surface area contributed by atoms with Crippen LogP contribution in [0.25, 0.3) is 0 Å². The van der Waals surface area contributed by atoms with Gasteiger partial charge in [0.1, 0.15) is 17.2 Å². The first-order chi connectivity index (χ1) is 15.8. The summed E-state index contributed by atoms with van der Waals surface area (Å²) in [5.41, 5.74) is 0.475. The molecule has 2 aromatic heterocycles. The zero-order valence-electron chi connectivity index (χ0n) is 17.3. The fraction of sp³-hybridized carbons (Fsp3) is 0.316. The van der Waals surface area contributed by atoms with E-state index in [4.69, 9.17) is 11.6 Å². The highest BCUT2D eigenvalue weighted by molar-refractivity contribution is 7.98. The smallest absolute Gasteiger partial charge is 0.389 e. The molecule has 1 aliphatic rings. The molecule has 4 rings (SSSR count). The average Bonchev–Trinajstić information content (AvgIpc) is 3.55. The van der Waals surface area contributed by atoms with Gasteiger partial charge in [-0.05, 0) is 47.6 Å². The number of rotatable bonds is 7. The molecular weight excluding hydrogens is 490 g/mol. The van der Waals surface area contributed by atoms with E-state index in [0.717, 1.165) is 37.0 Å². The summed E-state index contributed by atoms with van der Waals surface area (Å²) in [5, 5.41) is 29.2. The van der Waals surface area contributed by atoms with Crippen molar-refractivity contribution in [1.29, 1.82) is 0 Å². The van der Waals surface area contributed by atoms with Crippen LogP contribution in [0.4, 0.5) is 15.6 Å². The summed E-state index contributed by atoms with van der Waals surface area (Å²) in [6.07, 6.45) is 5.37. The minimum atomic E-state index is -1.24. The lowest BCUT2D eigenvalue weighted by Crippen LogP contribution is -2.22. The lowest BCUT2D eigenvalue weighted by molar-refractivity contribution is 0.0687. The second-order valence-electron chi connectivity index (χ2n) is 7.28. The third-order valence-electron chi connectivity index (χ3n) is 5.12. The number of benzene rings is 1. The molecule has 0 radical (unpaired) electrons. The number of carbonyl (C=O) groups excluding carboxylic acids is 2. The molecule has 33 heavy (non-hydrogen) atoms. The van der Waals surface area contributed by atoms with Crippen molar-refractivity contribution in [2.24, 2.45) is 5.92 Å². The number of amides is 2. The lowest BCUT2D eigenvalue weighted by atomic mass is 9.95. The first-order valence-electron chi connectivity index (χ1n) is 9.88. The van der Waals surface area contributed by atoms with Gasteiger partial charge in [0.15, 0.2) is 10.9 Å². The minimum Gasteiger partial charge on any atom is -0.476 e. The number of urea groups is 1. The van der Waals surface area contributed by atoms with Crippen molar-refractivity contribution >= 4 is 62.4 Å². The maximum atomic E-state index is 12.9. The van der Waals surface area contributed by atoms with Crippen LogP contribution < -0.4 is 10.6 Å². The highest BCUT2D eigenvalue weighted by atomic mass is 35.5. The Kier molecular flexibility index (Phi) is 6.91. The molecule has 1 fully saturated rings. The fourth-order valence-corrected chi connectivity index (χ4v) is 6.30. The summed E-state index contributed by atoms with van der Waals surface area (Å²) in [4.78, 5) is 41.3. The van der Waals surface area contributed by atoms with Crippen LogP contribution in [-0.4, -0.2) is 54.8 Å². The Bertz CT molecular complexity index is 1190. The summed E-state index contributed by atoms with van der Waals surface area (Å²) in [6, 6.07) is 4.04. The minimum absolute atomic E-state index is 0.0508. The number of nitrogens with zero attached hydrogens (tertiary/aromatic N) is 4. The van der Waals surface area contributed by atoms with Crippen LogP contribution in [-0.2, 0) is 10.9 Å². The van der Waals surface area contributed by atoms with Gasteiger partial charge in [-0.1, -0.05) is 34.6 Å². The quantitative estimate of drug-likeness (QED) is 0.277. The molecule has 1 unspecified atom stereocenters. The number of aromatic amines is 1. The van der Waals surface area contributed by atoms with Gasteiger partial charge in [-0.3, -0.25) is 10.1 Å². The van der Waals surface area contributed by atoms with Gasteiger partial charge in [0.05, 0.1) is 5.69 Å². The molecule has 0 aliphatic heterocycles. The largest absolute Gasteiger partial charge is 0.476 e. The Morgan fingerprint density at radius 1 is 1.24 bits per heavy atom. The van der Waals surface area contributed by atoms with Gasteiger partial charge in [-0.25, -0.2) is 14.6 Å². The zero-order valence-corrected chi connectivity index (χ0v) is 19.7. The summed E-state index contributed by atoms with van der Waals surface area (Å²) < 4.78 is 0.391.